The van der Waals surface area contributed by atoms with E-state index in [2.05, 4.69) is 0 Å². The van der Waals surface area contributed by atoms with Crippen LogP contribution in [0, 0.1) is 6.92 Å². The van der Waals surface area contributed by atoms with Gasteiger partial charge in [0, 0.05) is 18.5 Å². The van der Waals surface area contributed by atoms with E-state index in [0.29, 0.717) is 18.2 Å². The molecule has 1 aromatic rings. The fourth-order valence-electron chi connectivity index (χ4n) is 1.52. The first-order chi connectivity index (χ1) is 7.56. The Balaban J connectivity index is 2.74. The van der Waals surface area contributed by atoms with Crippen molar-refractivity contribution in [3.8, 4) is 0 Å². The largest absolute Gasteiger partial charge is 0.456 e. The van der Waals surface area contributed by atoms with Crippen LogP contribution >= 0.6 is 11.6 Å². The molecule has 3 nitrogen and oxygen atoms in total. The lowest BCUT2D eigenvalue weighted by molar-refractivity contribution is 0.0672. The fraction of sp³-hybridized carbons (Fsp3) is 0.583. The first kappa shape index (κ1) is 13.1. The Labute approximate surface area is 101 Å². The van der Waals surface area contributed by atoms with Crippen molar-refractivity contribution >= 4 is 17.5 Å². The van der Waals surface area contributed by atoms with Crippen molar-refractivity contribution in [1.82, 2.24) is 4.90 Å². The molecule has 0 atom stereocenters. The normalized spacial score (nSPS) is 10.8. The summed E-state index contributed by atoms with van der Waals surface area (Å²) in [6, 6.07) is 3.67. The van der Waals surface area contributed by atoms with Gasteiger partial charge in [-0.3, -0.25) is 4.79 Å². The van der Waals surface area contributed by atoms with E-state index in [1.807, 2.05) is 20.8 Å². The second kappa shape index (κ2) is 5.94. The molecule has 1 aromatic heterocycles. The number of alkyl halides is 1. The lowest BCUT2D eigenvalue weighted by atomic mass is 10.2. The van der Waals surface area contributed by atoms with Crippen molar-refractivity contribution in [1.29, 1.82) is 0 Å². The molecule has 1 amide bonds. The van der Waals surface area contributed by atoms with Crippen LogP contribution in [0.3, 0.4) is 0 Å². The van der Waals surface area contributed by atoms with Gasteiger partial charge in [-0.25, -0.2) is 0 Å². The van der Waals surface area contributed by atoms with E-state index < -0.39 is 0 Å². The molecule has 4 heteroatoms. The van der Waals surface area contributed by atoms with Gasteiger partial charge in [-0.1, -0.05) is 0 Å². The molecule has 0 saturated heterocycles. The highest BCUT2D eigenvalue weighted by Crippen LogP contribution is 2.12. The molecule has 0 saturated carbocycles. The van der Waals surface area contributed by atoms with E-state index in [0.717, 1.165) is 12.2 Å². The lowest BCUT2D eigenvalue weighted by Crippen LogP contribution is -2.37. The molecule has 0 spiro atoms. The molecule has 0 aliphatic carbocycles. The van der Waals surface area contributed by atoms with Gasteiger partial charge in [0.05, 0.1) is 0 Å². The first-order valence-electron chi connectivity index (χ1n) is 5.49. The van der Waals surface area contributed by atoms with Gasteiger partial charge in [-0.15, -0.1) is 11.6 Å². The first-order valence-corrected chi connectivity index (χ1v) is 6.03. The maximum absolute atomic E-state index is 12.1. The summed E-state index contributed by atoms with van der Waals surface area (Å²) in [5.41, 5.74) is 0. The molecule has 0 fully saturated rings. The number of furan rings is 1. The minimum atomic E-state index is -0.0618. The van der Waals surface area contributed by atoms with Crippen LogP contribution in [0.4, 0.5) is 0 Å². The third-order valence-corrected chi connectivity index (χ3v) is 2.64. The van der Waals surface area contributed by atoms with E-state index in [9.17, 15) is 4.79 Å². The molecule has 1 rings (SSSR count). The predicted octanol–water partition coefficient (Wildman–Crippen LogP) is 3.07. The zero-order chi connectivity index (χ0) is 12.1. The van der Waals surface area contributed by atoms with Gasteiger partial charge in [0.1, 0.15) is 5.76 Å². The minimum absolute atomic E-state index is 0.0618. The second-order valence-corrected chi connectivity index (χ2v) is 4.42. The number of rotatable bonds is 5. The summed E-state index contributed by atoms with van der Waals surface area (Å²) >= 11 is 5.64. The maximum atomic E-state index is 12.1. The zero-order valence-electron chi connectivity index (χ0n) is 10.00. The standard InChI is InChI=1S/C12H18ClNO2/c1-9(2)14(8-4-7-13)12(15)11-6-5-10(3)16-11/h5-6,9H,4,7-8H2,1-3H3. The summed E-state index contributed by atoms with van der Waals surface area (Å²) < 4.78 is 5.33. The molecular formula is C12H18ClNO2. The summed E-state index contributed by atoms with van der Waals surface area (Å²) in [6.45, 7) is 6.47. The van der Waals surface area contributed by atoms with Crippen molar-refractivity contribution in [3.63, 3.8) is 0 Å². The third-order valence-electron chi connectivity index (χ3n) is 2.37. The van der Waals surface area contributed by atoms with Gasteiger partial charge in [0.25, 0.3) is 5.91 Å². The minimum Gasteiger partial charge on any atom is -0.456 e. The molecule has 0 bridgehead atoms. The number of halogens is 1. The summed E-state index contributed by atoms with van der Waals surface area (Å²) in [5.74, 6) is 1.66. The van der Waals surface area contributed by atoms with Crippen LogP contribution in [0.2, 0.25) is 0 Å². The quantitative estimate of drug-likeness (QED) is 0.745. The number of aryl methyl sites for hydroxylation is 1. The van der Waals surface area contributed by atoms with Crippen LogP contribution in [0.1, 0.15) is 36.6 Å². The maximum Gasteiger partial charge on any atom is 0.289 e. The smallest absolute Gasteiger partial charge is 0.289 e. The monoisotopic (exact) mass is 243 g/mol. The summed E-state index contributed by atoms with van der Waals surface area (Å²) in [6.07, 6.45) is 0.797. The molecule has 0 unspecified atom stereocenters. The Morgan fingerprint density at radius 2 is 2.19 bits per heavy atom. The van der Waals surface area contributed by atoms with Crippen LogP contribution in [0.25, 0.3) is 0 Å². The van der Waals surface area contributed by atoms with Crippen molar-refractivity contribution in [3.05, 3.63) is 23.7 Å². The molecule has 0 aromatic carbocycles. The molecule has 1 heterocycles. The number of hydrogen-bond acceptors (Lipinski definition) is 2. The van der Waals surface area contributed by atoms with E-state index in [-0.39, 0.29) is 11.9 Å². The van der Waals surface area contributed by atoms with E-state index in [1.165, 1.54) is 0 Å². The van der Waals surface area contributed by atoms with Gasteiger partial charge in [0.15, 0.2) is 5.76 Å². The highest BCUT2D eigenvalue weighted by Gasteiger charge is 2.20. The van der Waals surface area contributed by atoms with Crippen molar-refractivity contribution in [2.75, 3.05) is 12.4 Å². The van der Waals surface area contributed by atoms with Crippen molar-refractivity contribution in [2.45, 2.75) is 33.2 Å². The van der Waals surface area contributed by atoms with E-state index >= 15 is 0 Å². The van der Waals surface area contributed by atoms with Crippen LogP contribution in [0.5, 0.6) is 0 Å². The topological polar surface area (TPSA) is 33.5 Å². The van der Waals surface area contributed by atoms with Gasteiger partial charge in [-0.05, 0) is 39.3 Å². The van der Waals surface area contributed by atoms with Crippen LogP contribution < -0.4 is 0 Å². The summed E-state index contributed by atoms with van der Waals surface area (Å²) in [5, 5.41) is 0. The molecule has 0 aliphatic heterocycles. The molecule has 0 radical (unpaired) electrons. The number of nitrogens with zero attached hydrogens (tertiary/aromatic N) is 1. The SMILES string of the molecule is Cc1ccc(C(=O)N(CCCCl)C(C)C)o1. The van der Waals surface area contributed by atoms with Gasteiger partial charge >= 0.3 is 0 Å². The highest BCUT2D eigenvalue weighted by molar-refractivity contribution is 6.17. The van der Waals surface area contributed by atoms with Gasteiger partial charge in [0.2, 0.25) is 0 Å². The Morgan fingerprint density at radius 3 is 2.62 bits per heavy atom. The van der Waals surface area contributed by atoms with Crippen molar-refractivity contribution < 1.29 is 9.21 Å². The molecule has 16 heavy (non-hydrogen) atoms. The summed E-state index contributed by atoms with van der Waals surface area (Å²) in [7, 11) is 0. The van der Waals surface area contributed by atoms with Gasteiger partial charge in [-0.2, -0.15) is 0 Å². The number of hydrogen-bond donors (Lipinski definition) is 0. The lowest BCUT2D eigenvalue weighted by Gasteiger charge is -2.25. The molecule has 0 aliphatic rings. The number of carbonyl (C=O) groups is 1. The average Bonchev–Trinajstić information content (AvgIpc) is 2.64. The zero-order valence-corrected chi connectivity index (χ0v) is 10.8. The summed E-state index contributed by atoms with van der Waals surface area (Å²) in [4.78, 5) is 13.9. The Hall–Kier alpha value is -0.960. The van der Waals surface area contributed by atoms with Crippen LogP contribution in [-0.4, -0.2) is 29.3 Å². The molecular weight excluding hydrogens is 226 g/mol. The van der Waals surface area contributed by atoms with Crippen LogP contribution in [-0.2, 0) is 0 Å². The van der Waals surface area contributed by atoms with Crippen LogP contribution in [0.15, 0.2) is 16.5 Å². The Bertz CT molecular complexity index is 347. The predicted molar refractivity (Wildman–Crippen MR) is 65.0 cm³/mol. The Morgan fingerprint density at radius 1 is 1.50 bits per heavy atom. The highest BCUT2D eigenvalue weighted by atomic mass is 35.5. The van der Waals surface area contributed by atoms with E-state index in [4.69, 9.17) is 16.0 Å². The van der Waals surface area contributed by atoms with Crippen molar-refractivity contribution in [2.24, 2.45) is 0 Å². The average molecular weight is 244 g/mol. The number of carbonyl (C=O) groups excluding carboxylic acids is 1. The van der Waals surface area contributed by atoms with E-state index in [1.54, 1.807) is 17.0 Å². The molecule has 0 N–H and O–H groups in total. The Kier molecular flexibility index (Phi) is 4.87. The third kappa shape index (κ3) is 3.27. The second-order valence-electron chi connectivity index (χ2n) is 4.05. The van der Waals surface area contributed by atoms with Gasteiger partial charge < -0.3 is 9.32 Å². The number of amides is 1. The fourth-order valence-corrected chi connectivity index (χ4v) is 1.63. The molecule has 90 valence electrons.